The van der Waals surface area contributed by atoms with Gasteiger partial charge in [-0.15, -0.1) is 0 Å². The molecule has 0 fully saturated rings. The lowest BCUT2D eigenvalue weighted by molar-refractivity contribution is 0.101. The van der Waals surface area contributed by atoms with Crippen LogP contribution in [0.3, 0.4) is 0 Å². The van der Waals surface area contributed by atoms with Crippen LogP contribution in [0.5, 0.6) is 0 Å². The third kappa shape index (κ3) is 2.90. The number of pyridine rings is 1. The first-order valence-corrected chi connectivity index (χ1v) is 5.87. The summed E-state index contributed by atoms with van der Waals surface area (Å²) < 4.78 is 14.5. The second-order valence-corrected chi connectivity index (χ2v) is 4.48. The summed E-state index contributed by atoms with van der Waals surface area (Å²) in [4.78, 5) is 15.9. The standard InChI is InChI=1S/C13H15FN4O/c1-8(2)18-7-10(15)5-11(18)13(19)17-12-4-3-9(14)6-16-12/h3-8H,15H2,1-2H3,(H,16,17,19). The number of halogens is 1. The number of rotatable bonds is 3. The molecule has 0 aromatic carbocycles. The average molecular weight is 262 g/mol. The molecule has 19 heavy (non-hydrogen) atoms. The molecule has 0 atom stereocenters. The highest BCUT2D eigenvalue weighted by atomic mass is 19.1. The molecule has 0 spiro atoms. The van der Waals surface area contributed by atoms with Crippen molar-refractivity contribution in [3.8, 4) is 0 Å². The van der Waals surface area contributed by atoms with Crippen molar-refractivity contribution < 1.29 is 9.18 Å². The zero-order valence-electron chi connectivity index (χ0n) is 10.7. The highest BCUT2D eigenvalue weighted by Gasteiger charge is 2.15. The number of anilines is 2. The van der Waals surface area contributed by atoms with Gasteiger partial charge in [-0.1, -0.05) is 0 Å². The van der Waals surface area contributed by atoms with Crippen molar-refractivity contribution in [3.05, 3.63) is 42.1 Å². The van der Waals surface area contributed by atoms with Crippen LogP contribution in [-0.2, 0) is 0 Å². The van der Waals surface area contributed by atoms with E-state index in [4.69, 9.17) is 5.73 Å². The number of nitrogens with two attached hydrogens (primary N) is 1. The topological polar surface area (TPSA) is 72.9 Å². The molecule has 1 amide bonds. The summed E-state index contributed by atoms with van der Waals surface area (Å²) in [6.45, 7) is 3.90. The maximum Gasteiger partial charge on any atom is 0.273 e. The summed E-state index contributed by atoms with van der Waals surface area (Å²) in [6.07, 6.45) is 2.75. The van der Waals surface area contributed by atoms with E-state index in [2.05, 4.69) is 10.3 Å². The third-order valence-electron chi connectivity index (χ3n) is 2.63. The Balaban J connectivity index is 2.22. The molecule has 0 unspecified atom stereocenters. The fourth-order valence-electron chi connectivity index (χ4n) is 1.74. The fourth-order valence-corrected chi connectivity index (χ4v) is 1.74. The summed E-state index contributed by atoms with van der Waals surface area (Å²) in [6, 6.07) is 4.34. The molecule has 2 aromatic rings. The van der Waals surface area contributed by atoms with E-state index in [0.29, 0.717) is 17.2 Å². The van der Waals surface area contributed by atoms with Gasteiger partial charge >= 0.3 is 0 Å². The van der Waals surface area contributed by atoms with Crippen molar-refractivity contribution in [2.75, 3.05) is 11.1 Å². The Bertz CT molecular complexity index is 589. The minimum atomic E-state index is -0.451. The van der Waals surface area contributed by atoms with Crippen LogP contribution in [0.15, 0.2) is 30.6 Å². The molecule has 100 valence electrons. The fraction of sp³-hybridized carbons (Fsp3) is 0.231. The minimum Gasteiger partial charge on any atom is -0.397 e. The molecule has 0 aliphatic heterocycles. The number of aromatic nitrogens is 2. The number of nitrogens with zero attached hydrogens (tertiary/aromatic N) is 2. The van der Waals surface area contributed by atoms with E-state index in [1.807, 2.05) is 13.8 Å². The number of carbonyl (C=O) groups is 1. The Kier molecular flexibility index (Phi) is 3.50. The summed E-state index contributed by atoms with van der Waals surface area (Å²) in [5, 5.41) is 2.60. The summed E-state index contributed by atoms with van der Waals surface area (Å²) in [5.74, 6) is -0.487. The number of amides is 1. The van der Waals surface area contributed by atoms with E-state index in [-0.39, 0.29) is 11.9 Å². The molecule has 6 heteroatoms. The molecule has 0 bridgehead atoms. The number of nitrogens with one attached hydrogen (secondary N) is 1. The summed E-state index contributed by atoms with van der Waals surface area (Å²) >= 11 is 0. The van der Waals surface area contributed by atoms with Crippen molar-refractivity contribution in [1.82, 2.24) is 9.55 Å². The zero-order chi connectivity index (χ0) is 14.0. The smallest absolute Gasteiger partial charge is 0.273 e. The molecule has 5 nitrogen and oxygen atoms in total. The van der Waals surface area contributed by atoms with E-state index < -0.39 is 5.82 Å². The Morgan fingerprint density at radius 3 is 2.79 bits per heavy atom. The Hall–Kier alpha value is -2.37. The second-order valence-electron chi connectivity index (χ2n) is 4.48. The second kappa shape index (κ2) is 5.09. The van der Waals surface area contributed by atoms with Crippen LogP contribution in [-0.4, -0.2) is 15.5 Å². The molecule has 3 N–H and O–H groups in total. The summed E-state index contributed by atoms with van der Waals surface area (Å²) in [7, 11) is 0. The lowest BCUT2D eigenvalue weighted by Crippen LogP contribution is -2.18. The van der Waals surface area contributed by atoms with Crippen molar-refractivity contribution in [3.63, 3.8) is 0 Å². The number of hydrogen-bond donors (Lipinski definition) is 2. The number of hydrogen-bond acceptors (Lipinski definition) is 3. The van der Waals surface area contributed by atoms with Crippen LogP contribution in [0, 0.1) is 5.82 Å². The minimum absolute atomic E-state index is 0.110. The van der Waals surface area contributed by atoms with E-state index in [0.717, 1.165) is 6.20 Å². The molecule has 0 radical (unpaired) electrons. The molecular formula is C13H15FN4O. The van der Waals surface area contributed by atoms with Gasteiger partial charge in [-0.05, 0) is 32.0 Å². The van der Waals surface area contributed by atoms with Crippen LogP contribution in [0.4, 0.5) is 15.9 Å². The van der Waals surface area contributed by atoms with Crippen molar-refractivity contribution in [2.24, 2.45) is 0 Å². The van der Waals surface area contributed by atoms with Gasteiger partial charge in [0.05, 0.1) is 11.9 Å². The first-order valence-electron chi connectivity index (χ1n) is 5.87. The van der Waals surface area contributed by atoms with Gasteiger partial charge in [-0.25, -0.2) is 9.37 Å². The third-order valence-corrected chi connectivity index (χ3v) is 2.63. The zero-order valence-corrected chi connectivity index (χ0v) is 10.7. The lowest BCUT2D eigenvalue weighted by Gasteiger charge is -2.12. The number of nitrogen functional groups attached to an aromatic ring is 1. The van der Waals surface area contributed by atoms with Crippen molar-refractivity contribution in [2.45, 2.75) is 19.9 Å². The highest BCUT2D eigenvalue weighted by molar-refractivity contribution is 6.03. The van der Waals surface area contributed by atoms with Crippen LogP contribution < -0.4 is 11.1 Å². The van der Waals surface area contributed by atoms with E-state index in [1.54, 1.807) is 16.8 Å². The van der Waals surface area contributed by atoms with Gasteiger partial charge in [-0.3, -0.25) is 4.79 Å². The van der Waals surface area contributed by atoms with Crippen LogP contribution >= 0.6 is 0 Å². The van der Waals surface area contributed by atoms with Crippen LogP contribution in [0.1, 0.15) is 30.4 Å². The maximum absolute atomic E-state index is 12.7. The molecule has 2 heterocycles. The Morgan fingerprint density at radius 2 is 2.21 bits per heavy atom. The number of carbonyl (C=O) groups excluding carboxylic acids is 1. The van der Waals surface area contributed by atoms with Crippen LogP contribution in [0.25, 0.3) is 0 Å². The first kappa shape index (κ1) is 13.1. The quantitative estimate of drug-likeness (QED) is 0.892. The lowest BCUT2D eigenvalue weighted by atomic mass is 10.3. The average Bonchev–Trinajstić information content (AvgIpc) is 2.74. The van der Waals surface area contributed by atoms with Gasteiger partial charge in [0.2, 0.25) is 0 Å². The van der Waals surface area contributed by atoms with Gasteiger partial charge < -0.3 is 15.6 Å². The molecule has 0 saturated carbocycles. The molecule has 0 aliphatic carbocycles. The van der Waals surface area contributed by atoms with Gasteiger partial charge in [-0.2, -0.15) is 0 Å². The van der Waals surface area contributed by atoms with Gasteiger partial charge in [0.15, 0.2) is 0 Å². The van der Waals surface area contributed by atoms with E-state index in [9.17, 15) is 9.18 Å². The molecule has 2 rings (SSSR count). The SMILES string of the molecule is CC(C)n1cc(N)cc1C(=O)Nc1ccc(F)cn1. The normalized spacial score (nSPS) is 10.7. The Labute approximate surface area is 110 Å². The monoisotopic (exact) mass is 262 g/mol. The van der Waals surface area contributed by atoms with Crippen molar-refractivity contribution in [1.29, 1.82) is 0 Å². The van der Waals surface area contributed by atoms with Crippen molar-refractivity contribution >= 4 is 17.4 Å². The molecular weight excluding hydrogens is 247 g/mol. The van der Waals surface area contributed by atoms with Gasteiger partial charge in [0.1, 0.15) is 17.3 Å². The largest absolute Gasteiger partial charge is 0.397 e. The van der Waals surface area contributed by atoms with Gasteiger partial charge in [0, 0.05) is 12.2 Å². The highest BCUT2D eigenvalue weighted by Crippen LogP contribution is 2.17. The maximum atomic E-state index is 12.7. The predicted octanol–water partition coefficient (Wildman–Crippen LogP) is 2.44. The first-order chi connectivity index (χ1) is 8.97. The molecule has 0 aliphatic rings. The van der Waals surface area contributed by atoms with Gasteiger partial charge in [0.25, 0.3) is 5.91 Å². The van der Waals surface area contributed by atoms with Crippen LogP contribution in [0.2, 0.25) is 0 Å². The Morgan fingerprint density at radius 1 is 1.47 bits per heavy atom. The van der Waals surface area contributed by atoms with E-state index >= 15 is 0 Å². The molecule has 2 aromatic heterocycles. The molecule has 0 saturated heterocycles. The van der Waals surface area contributed by atoms with E-state index in [1.165, 1.54) is 12.1 Å². The predicted molar refractivity (Wildman–Crippen MR) is 71.4 cm³/mol. The summed E-state index contributed by atoms with van der Waals surface area (Å²) in [5.41, 5.74) is 6.66.